The third kappa shape index (κ3) is 3.72. The summed E-state index contributed by atoms with van der Waals surface area (Å²) >= 11 is 6.00. The second-order valence-electron chi connectivity index (χ2n) is 5.38. The Labute approximate surface area is 139 Å². The van der Waals surface area contributed by atoms with E-state index in [4.69, 9.17) is 21.2 Å². The van der Waals surface area contributed by atoms with Gasteiger partial charge >= 0.3 is 0 Å². The van der Waals surface area contributed by atoms with Gasteiger partial charge in [0.15, 0.2) is 6.29 Å². The van der Waals surface area contributed by atoms with Crippen molar-refractivity contribution in [3.8, 4) is 5.69 Å². The Kier molecular flexibility index (Phi) is 4.95. The van der Waals surface area contributed by atoms with Crippen molar-refractivity contribution in [1.82, 2.24) is 15.3 Å². The zero-order valence-corrected chi connectivity index (χ0v) is 13.5. The Bertz CT molecular complexity index is 696. The zero-order chi connectivity index (χ0) is 16.2. The third-order valence-electron chi connectivity index (χ3n) is 3.73. The summed E-state index contributed by atoms with van der Waals surface area (Å²) in [4.78, 5) is 17.6. The monoisotopic (exact) mass is 335 g/mol. The summed E-state index contributed by atoms with van der Waals surface area (Å²) in [6, 6.07) is 7.28. The largest absolute Gasteiger partial charge is 0.350 e. The minimum absolute atomic E-state index is 0.343. The molecule has 1 aromatic carbocycles. The molecule has 2 aromatic rings. The number of rotatable bonds is 4. The molecule has 7 heteroatoms. The molecular formula is C16H18ClN3O3. The third-order valence-corrected chi connectivity index (χ3v) is 3.96. The van der Waals surface area contributed by atoms with Crippen LogP contribution in [0.5, 0.6) is 0 Å². The van der Waals surface area contributed by atoms with E-state index < -0.39 is 0 Å². The molecule has 1 saturated heterocycles. The first-order chi connectivity index (χ1) is 11.1. The molecule has 1 fully saturated rings. The Balaban J connectivity index is 1.69. The molecule has 0 aliphatic carbocycles. The Morgan fingerprint density at radius 3 is 3.09 bits per heavy atom. The first-order valence-corrected chi connectivity index (χ1v) is 7.91. The van der Waals surface area contributed by atoms with Crippen LogP contribution < -0.4 is 5.48 Å². The SMILES string of the molecule is Cc1c(C(=O)NOC2CCCCO2)cnn1-c1cccc(Cl)c1. The number of carbonyl (C=O) groups excluding carboxylic acids is 1. The van der Waals surface area contributed by atoms with Crippen LogP contribution in [0, 0.1) is 6.92 Å². The van der Waals surface area contributed by atoms with Crippen LogP contribution in [0.2, 0.25) is 5.02 Å². The maximum atomic E-state index is 12.2. The van der Waals surface area contributed by atoms with Gasteiger partial charge in [0.1, 0.15) is 0 Å². The van der Waals surface area contributed by atoms with E-state index >= 15 is 0 Å². The summed E-state index contributed by atoms with van der Waals surface area (Å²) < 4.78 is 7.07. The van der Waals surface area contributed by atoms with Crippen molar-refractivity contribution in [2.75, 3.05) is 6.61 Å². The molecule has 1 aliphatic rings. The number of ether oxygens (including phenoxy) is 1. The van der Waals surface area contributed by atoms with Crippen molar-refractivity contribution in [3.63, 3.8) is 0 Å². The van der Waals surface area contributed by atoms with E-state index in [1.165, 1.54) is 6.20 Å². The molecular weight excluding hydrogens is 318 g/mol. The summed E-state index contributed by atoms with van der Waals surface area (Å²) in [6.45, 7) is 2.48. The molecule has 23 heavy (non-hydrogen) atoms. The Hall–Kier alpha value is -1.89. The first kappa shape index (κ1) is 16.0. The molecule has 0 radical (unpaired) electrons. The van der Waals surface area contributed by atoms with Crippen LogP contribution in [0.25, 0.3) is 5.69 Å². The number of aromatic nitrogens is 2. The van der Waals surface area contributed by atoms with Gasteiger partial charge in [-0.1, -0.05) is 17.7 Å². The Morgan fingerprint density at radius 1 is 1.48 bits per heavy atom. The van der Waals surface area contributed by atoms with Gasteiger partial charge in [0, 0.05) is 18.1 Å². The molecule has 1 amide bonds. The number of hydroxylamine groups is 1. The van der Waals surface area contributed by atoms with Crippen molar-refractivity contribution < 1.29 is 14.4 Å². The van der Waals surface area contributed by atoms with E-state index in [0.717, 1.165) is 24.9 Å². The standard InChI is InChI=1S/C16H18ClN3O3/c1-11-14(16(21)19-23-15-7-2-3-8-22-15)10-18-20(11)13-6-4-5-12(17)9-13/h4-6,9-10,15H,2-3,7-8H2,1H3,(H,19,21). The molecule has 0 spiro atoms. The molecule has 0 saturated carbocycles. The van der Waals surface area contributed by atoms with Gasteiger partial charge in [0.2, 0.25) is 0 Å². The van der Waals surface area contributed by atoms with E-state index in [0.29, 0.717) is 22.9 Å². The van der Waals surface area contributed by atoms with Crippen molar-refractivity contribution in [3.05, 3.63) is 46.7 Å². The number of amides is 1. The summed E-state index contributed by atoms with van der Waals surface area (Å²) in [5.41, 5.74) is 4.39. The maximum Gasteiger partial charge on any atom is 0.278 e. The van der Waals surface area contributed by atoms with E-state index in [9.17, 15) is 4.79 Å². The van der Waals surface area contributed by atoms with Crippen molar-refractivity contribution in [2.24, 2.45) is 0 Å². The second kappa shape index (κ2) is 7.12. The molecule has 0 bridgehead atoms. The quantitative estimate of drug-likeness (QED) is 0.872. The fraction of sp³-hybridized carbons (Fsp3) is 0.375. The fourth-order valence-electron chi connectivity index (χ4n) is 2.48. The van der Waals surface area contributed by atoms with Crippen LogP contribution >= 0.6 is 11.6 Å². The van der Waals surface area contributed by atoms with Crippen LogP contribution in [0.4, 0.5) is 0 Å². The molecule has 3 rings (SSSR count). The lowest BCUT2D eigenvalue weighted by atomic mass is 10.2. The molecule has 122 valence electrons. The summed E-state index contributed by atoms with van der Waals surface area (Å²) in [7, 11) is 0. The average molecular weight is 336 g/mol. The van der Waals surface area contributed by atoms with Gasteiger partial charge in [-0.15, -0.1) is 0 Å². The van der Waals surface area contributed by atoms with Crippen molar-refractivity contribution in [2.45, 2.75) is 32.5 Å². The van der Waals surface area contributed by atoms with Crippen LogP contribution in [0.15, 0.2) is 30.5 Å². The highest BCUT2D eigenvalue weighted by Crippen LogP contribution is 2.18. The lowest BCUT2D eigenvalue weighted by Crippen LogP contribution is -2.33. The minimum atomic E-state index is -0.379. The maximum absolute atomic E-state index is 12.2. The van der Waals surface area contributed by atoms with Gasteiger partial charge in [-0.2, -0.15) is 5.10 Å². The van der Waals surface area contributed by atoms with E-state index in [2.05, 4.69) is 10.6 Å². The number of nitrogens with one attached hydrogen (secondary N) is 1. The van der Waals surface area contributed by atoms with Gasteiger partial charge in [-0.05, 0) is 38.0 Å². The summed E-state index contributed by atoms with van der Waals surface area (Å²) in [6.07, 6.45) is 3.97. The molecule has 1 unspecified atom stereocenters. The molecule has 1 N–H and O–H groups in total. The average Bonchev–Trinajstić information content (AvgIpc) is 2.95. The minimum Gasteiger partial charge on any atom is -0.350 e. The highest BCUT2D eigenvalue weighted by atomic mass is 35.5. The number of benzene rings is 1. The normalized spacial score (nSPS) is 17.9. The summed E-state index contributed by atoms with van der Waals surface area (Å²) in [5.74, 6) is -0.343. The number of hydrogen-bond donors (Lipinski definition) is 1. The van der Waals surface area contributed by atoms with Crippen LogP contribution in [-0.2, 0) is 9.57 Å². The van der Waals surface area contributed by atoms with Crippen LogP contribution in [0.1, 0.15) is 35.3 Å². The van der Waals surface area contributed by atoms with Crippen LogP contribution in [-0.4, -0.2) is 28.6 Å². The van der Waals surface area contributed by atoms with Gasteiger partial charge < -0.3 is 4.74 Å². The molecule has 6 nitrogen and oxygen atoms in total. The second-order valence-corrected chi connectivity index (χ2v) is 5.82. The van der Waals surface area contributed by atoms with Crippen molar-refractivity contribution >= 4 is 17.5 Å². The first-order valence-electron chi connectivity index (χ1n) is 7.53. The van der Waals surface area contributed by atoms with Gasteiger partial charge in [-0.25, -0.2) is 15.0 Å². The zero-order valence-electron chi connectivity index (χ0n) is 12.8. The van der Waals surface area contributed by atoms with E-state index in [-0.39, 0.29) is 12.2 Å². The number of nitrogens with zero attached hydrogens (tertiary/aromatic N) is 2. The van der Waals surface area contributed by atoms with Crippen molar-refractivity contribution in [1.29, 1.82) is 0 Å². The predicted octanol–water partition coefficient (Wildman–Crippen LogP) is 3.02. The predicted molar refractivity (Wildman–Crippen MR) is 85.5 cm³/mol. The molecule has 1 aromatic heterocycles. The van der Waals surface area contributed by atoms with Gasteiger partial charge in [0.05, 0.1) is 23.1 Å². The van der Waals surface area contributed by atoms with E-state index in [1.54, 1.807) is 16.8 Å². The van der Waals surface area contributed by atoms with Gasteiger partial charge in [-0.3, -0.25) is 4.79 Å². The number of hydrogen-bond acceptors (Lipinski definition) is 4. The lowest BCUT2D eigenvalue weighted by molar-refractivity contribution is -0.186. The topological polar surface area (TPSA) is 65.4 Å². The smallest absolute Gasteiger partial charge is 0.278 e. The number of carbonyl (C=O) groups is 1. The Morgan fingerprint density at radius 2 is 2.35 bits per heavy atom. The number of halogens is 1. The molecule has 2 heterocycles. The molecule has 1 aliphatic heterocycles. The van der Waals surface area contributed by atoms with E-state index in [1.807, 2.05) is 19.1 Å². The van der Waals surface area contributed by atoms with Gasteiger partial charge in [0.25, 0.3) is 5.91 Å². The molecule has 1 atom stereocenters. The highest BCUT2D eigenvalue weighted by molar-refractivity contribution is 6.30. The lowest BCUT2D eigenvalue weighted by Gasteiger charge is -2.22. The fourth-order valence-corrected chi connectivity index (χ4v) is 2.66. The highest BCUT2D eigenvalue weighted by Gasteiger charge is 2.19. The van der Waals surface area contributed by atoms with Crippen LogP contribution in [0.3, 0.4) is 0 Å². The summed E-state index contributed by atoms with van der Waals surface area (Å²) in [5, 5.41) is 4.87.